The quantitative estimate of drug-likeness (QED) is 0.131. The third kappa shape index (κ3) is 21.1. The molecule has 0 bridgehead atoms. The molecule has 11 amide bonds. The van der Waals surface area contributed by atoms with Gasteiger partial charge in [0.15, 0.2) is 0 Å². The number of allylic oxidation sites excluding steroid dienone is 1. The Labute approximate surface area is 526 Å². The van der Waals surface area contributed by atoms with Gasteiger partial charge in [-0.15, -0.1) is 6.58 Å². The summed E-state index contributed by atoms with van der Waals surface area (Å²) in [6.45, 7) is 34.2. The van der Waals surface area contributed by atoms with E-state index in [0.29, 0.717) is 0 Å². The lowest BCUT2D eigenvalue weighted by atomic mass is 9.93. The lowest BCUT2D eigenvalue weighted by Crippen LogP contribution is -2.64. The van der Waals surface area contributed by atoms with Crippen LogP contribution in [0.15, 0.2) is 24.8 Å². The highest BCUT2D eigenvalue weighted by molar-refractivity contribution is 6.00. The molecule has 502 valence electrons. The third-order valence-electron chi connectivity index (χ3n) is 16.6. The number of carbonyl (C=O) groups excluding carboxylic acids is 11. The number of ether oxygens (including phenoxy) is 1. The topological polar surface area (TPSA) is 288 Å². The molecule has 1 unspecified atom stereocenters. The molecule has 14 atom stereocenters. The minimum Gasteiger partial charge on any atom is -0.390 e. The van der Waals surface area contributed by atoms with Gasteiger partial charge in [0.05, 0.1) is 18.8 Å². The van der Waals surface area contributed by atoms with E-state index in [2.05, 4.69) is 27.8 Å². The molecule has 88 heavy (non-hydrogen) atoms. The summed E-state index contributed by atoms with van der Waals surface area (Å²) in [6, 6.07) is -14.2. The normalized spacial score (nSPS) is 27.5. The van der Waals surface area contributed by atoms with Crippen molar-refractivity contribution in [2.24, 2.45) is 35.5 Å². The van der Waals surface area contributed by atoms with E-state index >= 15 is 9.59 Å². The SMILES string of the molecule is C=CCO[C@H](C)C1C(=O)N[C@@H](C(C)C)C(=O)N(C)[C@@H](CC(C)C)C(=O)N[C@@H](C)C(=O)N[C@H](C)C(=O)N(C)[C@@H](CC(C)C)C(=O)N(C)[C@@H](CC(C)C)C(=O)N(C)[C@@H](C(C)C)C(=O)N(C)[C@@H]([C@H](O)[C@H](C)/C=C/C)C(=O)N[C@@H](CC)C(=O)N(CC)[C@H](C)C(=O)N1C. The first-order valence-corrected chi connectivity index (χ1v) is 31.4. The molecule has 0 aliphatic carbocycles. The van der Waals surface area contributed by atoms with Gasteiger partial charge in [0.2, 0.25) is 65.0 Å². The fourth-order valence-corrected chi connectivity index (χ4v) is 11.3. The second kappa shape index (κ2) is 36.3. The van der Waals surface area contributed by atoms with E-state index in [1.54, 1.807) is 74.5 Å². The van der Waals surface area contributed by atoms with Gasteiger partial charge in [-0.3, -0.25) is 52.7 Å². The average Bonchev–Trinajstić information content (AvgIpc) is 3.27. The molecule has 1 heterocycles. The van der Waals surface area contributed by atoms with Crippen molar-refractivity contribution in [2.45, 2.75) is 229 Å². The first-order chi connectivity index (χ1) is 40.7. The number of carbonyl (C=O) groups is 11. The molecule has 1 aliphatic rings. The predicted octanol–water partition coefficient (Wildman–Crippen LogP) is 3.20. The van der Waals surface area contributed by atoms with Gasteiger partial charge in [-0.05, 0) is 96.8 Å². The zero-order valence-electron chi connectivity index (χ0n) is 57.6. The number of rotatable bonds is 17. The maximum atomic E-state index is 15.2. The van der Waals surface area contributed by atoms with Crippen LogP contribution < -0.4 is 21.3 Å². The van der Waals surface area contributed by atoms with Gasteiger partial charge in [0.25, 0.3) is 0 Å². The Kier molecular flexibility index (Phi) is 32.8. The molecule has 1 aliphatic heterocycles. The van der Waals surface area contributed by atoms with Crippen molar-refractivity contribution in [3.63, 3.8) is 0 Å². The summed E-state index contributed by atoms with van der Waals surface area (Å²) in [5, 5.41) is 23.0. The molecule has 24 nitrogen and oxygen atoms in total. The molecule has 1 rings (SSSR count). The Morgan fingerprint density at radius 3 is 1.40 bits per heavy atom. The highest BCUT2D eigenvalue weighted by Gasteiger charge is 2.46. The van der Waals surface area contributed by atoms with Crippen molar-refractivity contribution in [3.05, 3.63) is 24.8 Å². The summed E-state index contributed by atoms with van der Waals surface area (Å²) in [5.74, 6) is -10.2. The second-order valence-corrected chi connectivity index (χ2v) is 25.9. The molecule has 1 saturated heterocycles. The van der Waals surface area contributed by atoms with Crippen molar-refractivity contribution in [3.8, 4) is 0 Å². The maximum Gasteiger partial charge on any atom is 0.246 e. The van der Waals surface area contributed by atoms with Crippen molar-refractivity contribution in [2.75, 3.05) is 55.4 Å². The Morgan fingerprint density at radius 2 is 0.943 bits per heavy atom. The van der Waals surface area contributed by atoms with Crippen LogP contribution in [-0.2, 0) is 57.5 Å². The summed E-state index contributed by atoms with van der Waals surface area (Å²) < 4.78 is 5.96. The van der Waals surface area contributed by atoms with Crippen LogP contribution in [0.25, 0.3) is 0 Å². The van der Waals surface area contributed by atoms with E-state index in [1.165, 1.54) is 93.6 Å². The van der Waals surface area contributed by atoms with Crippen LogP contribution >= 0.6 is 0 Å². The van der Waals surface area contributed by atoms with E-state index in [-0.39, 0.29) is 56.6 Å². The Bertz CT molecular complexity index is 2430. The van der Waals surface area contributed by atoms with Crippen LogP contribution in [0.2, 0.25) is 0 Å². The molecular weight excluding hydrogens is 1130 g/mol. The number of hydrogen-bond acceptors (Lipinski definition) is 13. The molecule has 0 aromatic carbocycles. The van der Waals surface area contributed by atoms with Gasteiger partial charge in [-0.25, -0.2) is 0 Å². The number of aliphatic hydroxyl groups excluding tert-OH is 1. The van der Waals surface area contributed by atoms with Gasteiger partial charge in [0, 0.05) is 54.7 Å². The van der Waals surface area contributed by atoms with Crippen molar-refractivity contribution in [1.29, 1.82) is 0 Å². The maximum absolute atomic E-state index is 15.2. The van der Waals surface area contributed by atoms with E-state index in [0.717, 1.165) is 9.80 Å². The number of nitrogens with zero attached hydrogens (tertiary/aromatic N) is 7. The molecule has 0 aromatic rings. The molecule has 0 spiro atoms. The third-order valence-corrected chi connectivity index (χ3v) is 16.6. The number of nitrogens with one attached hydrogen (secondary N) is 4. The van der Waals surface area contributed by atoms with Crippen molar-refractivity contribution < 1.29 is 62.6 Å². The second-order valence-electron chi connectivity index (χ2n) is 25.9. The highest BCUT2D eigenvalue weighted by atomic mass is 16.5. The van der Waals surface area contributed by atoms with Crippen LogP contribution in [0.5, 0.6) is 0 Å². The molecule has 24 heteroatoms. The summed E-state index contributed by atoms with van der Waals surface area (Å²) in [7, 11) is 8.43. The first-order valence-electron chi connectivity index (χ1n) is 31.4. The van der Waals surface area contributed by atoms with E-state index < -0.39 is 161 Å². The summed E-state index contributed by atoms with van der Waals surface area (Å²) in [5.41, 5.74) is 0. The largest absolute Gasteiger partial charge is 0.390 e. The molecule has 5 N–H and O–H groups in total. The molecule has 0 radical (unpaired) electrons. The van der Waals surface area contributed by atoms with E-state index in [4.69, 9.17) is 4.74 Å². The lowest BCUT2D eigenvalue weighted by molar-refractivity contribution is -0.157. The number of amides is 11. The van der Waals surface area contributed by atoms with Gasteiger partial charge in [0.1, 0.15) is 66.5 Å². The fourth-order valence-electron chi connectivity index (χ4n) is 11.3. The molecular formula is C64H113N11O13. The first kappa shape index (κ1) is 79.6. The Hall–Kier alpha value is -6.43. The van der Waals surface area contributed by atoms with Crippen LogP contribution in [0.4, 0.5) is 0 Å². The van der Waals surface area contributed by atoms with E-state index in [1.807, 2.05) is 41.5 Å². The van der Waals surface area contributed by atoms with Crippen LogP contribution in [0.3, 0.4) is 0 Å². The summed E-state index contributed by atoms with van der Waals surface area (Å²) >= 11 is 0. The van der Waals surface area contributed by atoms with Crippen LogP contribution in [-0.4, -0.2) is 238 Å². The fraction of sp³-hybridized carbons (Fsp3) is 0.766. The van der Waals surface area contributed by atoms with Crippen LogP contribution in [0, 0.1) is 35.5 Å². The minimum absolute atomic E-state index is 0.0106. The highest BCUT2D eigenvalue weighted by Crippen LogP contribution is 2.25. The number of hydrogen-bond donors (Lipinski definition) is 5. The predicted molar refractivity (Wildman–Crippen MR) is 339 cm³/mol. The smallest absolute Gasteiger partial charge is 0.246 e. The minimum atomic E-state index is -1.66. The van der Waals surface area contributed by atoms with E-state index in [9.17, 15) is 48.3 Å². The van der Waals surface area contributed by atoms with Crippen molar-refractivity contribution >= 4 is 65.0 Å². The van der Waals surface area contributed by atoms with Gasteiger partial charge < -0.3 is 65.4 Å². The number of likely N-dealkylation sites (N-methyl/N-ethyl adjacent to an activating group) is 7. The van der Waals surface area contributed by atoms with Crippen LogP contribution in [0.1, 0.15) is 150 Å². The zero-order valence-corrected chi connectivity index (χ0v) is 57.6. The Morgan fingerprint density at radius 1 is 0.500 bits per heavy atom. The monoisotopic (exact) mass is 1240 g/mol. The summed E-state index contributed by atoms with van der Waals surface area (Å²) in [4.78, 5) is 170. The standard InChI is InChI=1S/C64H113N11O13/c1-26-30-40(15)53(76)52-57(80)67-45(28-3)60(83)75(29-4)43(18)59(82)73(24)51(44(19)88-31-27-2)56(79)68-49(38(11)12)63(86)69(20)46(32-35(5)6)55(78)65-41(16)54(77)66-42(17)58(81)70(21)47(33-36(7)8)61(84)71(22)48(34-37(9)10)62(85)72(23)50(39(13)14)64(87)74(52)25/h26-27,30,35-53,76H,2,28-29,31-34H2,1,3-25H3,(H,65,78)(H,66,77)(H,67,80)(H,68,79)/b30-26+/t40-,41+,42-,43-,44-,45+,46+,47+,48+,49+,50+,51?,52+,53-/m1/s1. The van der Waals surface area contributed by atoms with Gasteiger partial charge >= 0.3 is 0 Å². The van der Waals surface area contributed by atoms with Gasteiger partial charge in [-0.2, -0.15) is 0 Å². The Balaban J connectivity index is 4.45. The average molecular weight is 1240 g/mol. The lowest BCUT2D eigenvalue weighted by Gasteiger charge is -2.41. The summed E-state index contributed by atoms with van der Waals surface area (Å²) in [6.07, 6.45) is 2.60. The van der Waals surface area contributed by atoms with Crippen molar-refractivity contribution in [1.82, 2.24) is 55.6 Å². The van der Waals surface area contributed by atoms with Gasteiger partial charge in [-0.1, -0.05) is 101 Å². The zero-order chi connectivity index (χ0) is 68.3. The molecule has 0 aromatic heterocycles. The number of aliphatic hydroxyl groups is 1. The molecule has 0 saturated carbocycles. The molecule has 1 fully saturated rings.